The van der Waals surface area contributed by atoms with Crippen molar-refractivity contribution in [1.82, 2.24) is 10.2 Å². The fourth-order valence-electron chi connectivity index (χ4n) is 2.75. The first-order valence-electron chi connectivity index (χ1n) is 7.14. The van der Waals surface area contributed by atoms with Crippen LogP contribution < -0.4 is 11.1 Å². The molecule has 1 saturated heterocycles. The molecular formula is C14H29N3O. The van der Waals surface area contributed by atoms with Crippen LogP contribution in [0.25, 0.3) is 0 Å². The minimum Gasteiger partial charge on any atom is -0.351 e. The van der Waals surface area contributed by atoms with Gasteiger partial charge >= 0.3 is 0 Å². The summed E-state index contributed by atoms with van der Waals surface area (Å²) in [6.45, 7) is 11.0. The van der Waals surface area contributed by atoms with Gasteiger partial charge in [0.05, 0.1) is 6.54 Å². The lowest BCUT2D eigenvalue weighted by Gasteiger charge is -2.35. The molecule has 0 aromatic rings. The topological polar surface area (TPSA) is 58.4 Å². The minimum atomic E-state index is 0.142. The van der Waals surface area contributed by atoms with E-state index in [0.717, 1.165) is 25.9 Å². The SMILES string of the molecule is CC(C)C[C@H](N)CN1CC(=O)N[C@H](CC(C)C)C1. The number of carbonyl (C=O) groups is 1. The summed E-state index contributed by atoms with van der Waals surface area (Å²) >= 11 is 0. The molecule has 106 valence electrons. The van der Waals surface area contributed by atoms with Crippen LogP contribution in [-0.2, 0) is 4.79 Å². The first-order valence-corrected chi connectivity index (χ1v) is 7.14. The van der Waals surface area contributed by atoms with E-state index in [-0.39, 0.29) is 18.0 Å². The number of hydrogen-bond acceptors (Lipinski definition) is 3. The van der Waals surface area contributed by atoms with Crippen LogP contribution in [0.2, 0.25) is 0 Å². The third-order valence-corrected chi connectivity index (χ3v) is 3.23. The van der Waals surface area contributed by atoms with E-state index in [0.29, 0.717) is 18.4 Å². The van der Waals surface area contributed by atoms with Gasteiger partial charge in [-0.15, -0.1) is 0 Å². The van der Waals surface area contributed by atoms with Gasteiger partial charge in [0.25, 0.3) is 0 Å². The lowest BCUT2D eigenvalue weighted by atomic mass is 10.00. The Bertz CT molecular complexity index is 264. The number of nitrogens with one attached hydrogen (secondary N) is 1. The third-order valence-electron chi connectivity index (χ3n) is 3.23. The summed E-state index contributed by atoms with van der Waals surface area (Å²) in [6, 6.07) is 0.466. The lowest BCUT2D eigenvalue weighted by Crippen LogP contribution is -2.56. The highest BCUT2D eigenvalue weighted by Crippen LogP contribution is 2.11. The van der Waals surface area contributed by atoms with Crippen molar-refractivity contribution in [2.45, 2.75) is 52.6 Å². The molecule has 0 aromatic carbocycles. The van der Waals surface area contributed by atoms with Crippen LogP contribution in [0.3, 0.4) is 0 Å². The van der Waals surface area contributed by atoms with E-state index in [1.165, 1.54) is 0 Å². The van der Waals surface area contributed by atoms with Gasteiger partial charge in [-0.05, 0) is 24.7 Å². The average molecular weight is 255 g/mol. The van der Waals surface area contributed by atoms with E-state index < -0.39 is 0 Å². The minimum absolute atomic E-state index is 0.142. The van der Waals surface area contributed by atoms with Crippen molar-refractivity contribution in [3.8, 4) is 0 Å². The van der Waals surface area contributed by atoms with Crippen LogP contribution in [0.4, 0.5) is 0 Å². The molecule has 0 aliphatic carbocycles. The Morgan fingerprint density at radius 1 is 1.33 bits per heavy atom. The maximum atomic E-state index is 11.7. The highest BCUT2D eigenvalue weighted by Gasteiger charge is 2.26. The van der Waals surface area contributed by atoms with Crippen molar-refractivity contribution in [2.75, 3.05) is 19.6 Å². The van der Waals surface area contributed by atoms with Crippen molar-refractivity contribution < 1.29 is 4.79 Å². The first kappa shape index (κ1) is 15.4. The largest absolute Gasteiger partial charge is 0.351 e. The van der Waals surface area contributed by atoms with Gasteiger partial charge in [0, 0.05) is 25.2 Å². The molecule has 18 heavy (non-hydrogen) atoms. The number of nitrogens with zero attached hydrogens (tertiary/aromatic N) is 1. The van der Waals surface area contributed by atoms with E-state index in [1.807, 2.05) is 0 Å². The average Bonchev–Trinajstić information content (AvgIpc) is 2.12. The molecule has 1 aliphatic heterocycles. The van der Waals surface area contributed by atoms with Crippen molar-refractivity contribution in [1.29, 1.82) is 0 Å². The highest BCUT2D eigenvalue weighted by molar-refractivity contribution is 5.79. The van der Waals surface area contributed by atoms with Gasteiger partial charge < -0.3 is 11.1 Å². The fraction of sp³-hybridized carbons (Fsp3) is 0.929. The van der Waals surface area contributed by atoms with Gasteiger partial charge in [-0.3, -0.25) is 9.69 Å². The number of carbonyl (C=O) groups excluding carboxylic acids is 1. The summed E-state index contributed by atoms with van der Waals surface area (Å²) in [5.41, 5.74) is 6.12. The zero-order valence-electron chi connectivity index (χ0n) is 12.3. The van der Waals surface area contributed by atoms with E-state index in [1.54, 1.807) is 0 Å². The predicted octanol–water partition coefficient (Wildman–Crippen LogP) is 1.21. The lowest BCUT2D eigenvalue weighted by molar-refractivity contribution is -0.125. The van der Waals surface area contributed by atoms with E-state index in [9.17, 15) is 4.79 Å². The van der Waals surface area contributed by atoms with Crippen LogP contribution in [0.5, 0.6) is 0 Å². The van der Waals surface area contributed by atoms with E-state index in [4.69, 9.17) is 5.73 Å². The quantitative estimate of drug-likeness (QED) is 0.750. The van der Waals surface area contributed by atoms with Crippen molar-refractivity contribution in [3.63, 3.8) is 0 Å². The molecule has 2 atom stereocenters. The van der Waals surface area contributed by atoms with Crippen molar-refractivity contribution >= 4 is 5.91 Å². The molecule has 3 N–H and O–H groups in total. The Hall–Kier alpha value is -0.610. The Kier molecular flexibility index (Phi) is 6.09. The summed E-state index contributed by atoms with van der Waals surface area (Å²) in [5, 5.41) is 3.07. The maximum absolute atomic E-state index is 11.7. The summed E-state index contributed by atoms with van der Waals surface area (Å²) in [7, 11) is 0. The van der Waals surface area contributed by atoms with Gasteiger partial charge in [-0.2, -0.15) is 0 Å². The second-order valence-electron chi connectivity index (χ2n) is 6.48. The molecule has 1 heterocycles. The summed E-state index contributed by atoms with van der Waals surface area (Å²) < 4.78 is 0. The molecule has 1 amide bonds. The second kappa shape index (κ2) is 7.10. The fourth-order valence-corrected chi connectivity index (χ4v) is 2.75. The maximum Gasteiger partial charge on any atom is 0.234 e. The standard InChI is InChI=1S/C14H29N3O/c1-10(2)5-12(15)7-17-8-13(6-11(3)4)16-14(18)9-17/h10-13H,5-9,15H2,1-4H3,(H,16,18)/t12-,13+/m0/s1. The molecule has 0 saturated carbocycles. The normalized spacial score (nSPS) is 23.5. The molecule has 0 radical (unpaired) electrons. The molecule has 0 spiro atoms. The van der Waals surface area contributed by atoms with Crippen molar-refractivity contribution in [3.05, 3.63) is 0 Å². The Labute approximate surface area is 111 Å². The van der Waals surface area contributed by atoms with Gasteiger partial charge in [-0.25, -0.2) is 0 Å². The van der Waals surface area contributed by atoms with E-state index in [2.05, 4.69) is 37.9 Å². The molecule has 4 heteroatoms. The van der Waals surface area contributed by atoms with Gasteiger partial charge in [-0.1, -0.05) is 27.7 Å². The van der Waals surface area contributed by atoms with Crippen LogP contribution >= 0.6 is 0 Å². The molecule has 0 bridgehead atoms. The molecule has 1 rings (SSSR count). The summed E-state index contributed by atoms with van der Waals surface area (Å²) in [5.74, 6) is 1.37. The highest BCUT2D eigenvalue weighted by atomic mass is 16.2. The smallest absolute Gasteiger partial charge is 0.234 e. The van der Waals surface area contributed by atoms with Crippen LogP contribution in [0, 0.1) is 11.8 Å². The Balaban J connectivity index is 2.42. The number of hydrogen-bond donors (Lipinski definition) is 2. The number of nitrogens with two attached hydrogens (primary N) is 1. The van der Waals surface area contributed by atoms with Crippen molar-refractivity contribution in [2.24, 2.45) is 17.6 Å². The molecule has 1 aliphatic rings. The monoisotopic (exact) mass is 255 g/mol. The second-order valence-corrected chi connectivity index (χ2v) is 6.48. The molecular weight excluding hydrogens is 226 g/mol. The van der Waals surface area contributed by atoms with Crippen LogP contribution in [0.1, 0.15) is 40.5 Å². The Morgan fingerprint density at radius 3 is 2.56 bits per heavy atom. The summed E-state index contributed by atoms with van der Waals surface area (Å²) in [4.78, 5) is 13.9. The molecule has 1 fully saturated rings. The predicted molar refractivity (Wildman–Crippen MR) is 75.3 cm³/mol. The molecule has 0 aromatic heterocycles. The van der Waals surface area contributed by atoms with Gasteiger partial charge in [0.2, 0.25) is 5.91 Å². The molecule has 0 unspecified atom stereocenters. The number of amides is 1. The van der Waals surface area contributed by atoms with Crippen LogP contribution in [-0.4, -0.2) is 42.5 Å². The molecule has 4 nitrogen and oxygen atoms in total. The zero-order valence-corrected chi connectivity index (χ0v) is 12.3. The van der Waals surface area contributed by atoms with Gasteiger partial charge in [0.15, 0.2) is 0 Å². The third kappa shape index (κ3) is 5.83. The zero-order chi connectivity index (χ0) is 13.7. The number of piperazine rings is 1. The number of rotatable bonds is 6. The summed E-state index contributed by atoms with van der Waals surface area (Å²) in [6.07, 6.45) is 2.06. The Morgan fingerprint density at radius 2 is 2.00 bits per heavy atom. The van der Waals surface area contributed by atoms with Crippen LogP contribution in [0.15, 0.2) is 0 Å². The van der Waals surface area contributed by atoms with Gasteiger partial charge in [0.1, 0.15) is 0 Å². The van der Waals surface area contributed by atoms with E-state index >= 15 is 0 Å². The first-order chi connectivity index (χ1) is 8.36.